The lowest BCUT2D eigenvalue weighted by Crippen LogP contribution is -2.01. The number of unbranched alkanes of at least 4 members (excludes halogenated alkanes) is 1. The average molecular weight is 281 g/mol. The predicted molar refractivity (Wildman–Crippen MR) is 67.8 cm³/mol. The Morgan fingerprint density at radius 1 is 1.56 bits per heavy atom. The molecule has 0 aliphatic heterocycles. The van der Waals surface area contributed by atoms with Crippen LogP contribution < -0.4 is 4.74 Å². The quantitative estimate of drug-likeness (QED) is 0.470. The molecule has 0 N–H and O–H groups in total. The summed E-state index contributed by atoms with van der Waals surface area (Å²) >= 11 is 3.34. The molecule has 2 nitrogen and oxygen atoms in total. The van der Waals surface area contributed by atoms with Crippen LogP contribution in [0.15, 0.2) is 16.6 Å². The minimum atomic E-state index is 0.535. The number of benzene rings is 1. The number of aldehydes is 1. The van der Waals surface area contributed by atoms with Crippen LogP contribution in [0.5, 0.6) is 5.75 Å². The van der Waals surface area contributed by atoms with E-state index < -0.39 is 0 Å². The first kappa shape index (κ1) is 12.8. The van der Waals surface area contributed by atoms with Crippen LogP contribution in [0.4, 0.5) is 0 Å². The van der Waals surface area contributed by atoms with Gasteiger partial charge in [-0.25, -0.2) is 0 Å². The fourth-order valence-electron chi connectivity index (χ4n) is 1.39. The third-order valence-electron chi connectivity index (χ3n) is 2.11. The van der Waals surface area contributed by atoms with Crippen LogP contribution in [0.3, 0.4) is 0 Å². The second kappa shape index (κ2) is 6.34. The van der Waals surface area contributed by atoms with Crippen LogP contribution in [0.1, 0.15) is 28.8 Å². The summed E-state index contributed by atoms with van der Waals surface area (Å²) in [6.07, 6.45) is 7.43. The molecule has 0 spiro atoms. The molecule has 84 valence electrons. The number of hydrogen-bond donors (Lipinski definition) is 0. The zero-order chi connectivity index (χ0) is 12.0. The fourth-order valence-corrected chi connectivity index (χ4v) is 1.98. The molecule has 1 aromatic rings. The van der Waals surface area contributed by atoms with Gasteiger partial charge in [-0.1, -0.05) is 15.9 Å². The van der Waals surface area contributed by atoms with Gasteiger partial charge in [0.15, 0.2) is 6.29 Å². The summed E-state index contributed by atoms with van der Waals surface area (Å²) in [4.78, 5) is 10.9. The van der Waals surface area contributed by atoms with Crippen molar-refractivity contribution in [2.45, 2.75) is 19.8 Å². The Morgan fingerprint density at radius 2 is 2.31 bits per heavy atom. The number of terminal acetylenes is 1. The summed E-state index contributed by atoms with van der Waals surface area (Å²) in [7, 11) is 0. The van der Waals surface area contributed by atoms with E-state index in [2.05, 4.69) is 21.9 Å². The predicted octanol–water partition coefficient (Wildman–Crippen LogP) is 3.36. The van der Waals surface area contributed by atoms with E-state index in [0.717, 1.165) is 22.7 Å². The molecule has 0 amide bonds. The van der Waals surface area contributed by atoms with Crippen molar-refractivity contribution in [3.05, 3.63) is 27.7 Å². The number of carbonyl (C=O) groups excluding carboxylic acids is 1. The van der Waals surface area contributed by atoms with Crippen LogP contribution >= 0.6 is 15.9 Å². The molecule has 0 fully saturated rings. The van der Waals surface area contributed by atoms with Crippen molar-refractivity contribution in [1.29, 1.82) is 0 Å². The first-order chi connectivity index (χ1) is 7.69. The van der Waals surface area contributed by atoms with Gasteiger partial charge in [-0.15, -0.1) is 12.3 Å². The molecule has 0 aliphatic rings. The van der Waals surface area contributed by atoms with Crippen molar-refractivity contribution in [2.75, 3.05) is 6.61 Å². The summed E-state index contributed by atoms with van der Waals surface area (Å²) in [5.74, 6) is 3.20. The Hall–Kier alpha value is -1.27. The Balaban J connectivity index is 2.78. The van der Waals surface area contributed by atoms with Gasteiger partial charge >= 0.3 is 0 Å². The van der Waals surface area contributed by atoms with E-state index in [0.29, 0.717) is 24.3 Å². The maximum Gasteiger partial charge on any atom is 0.153 e. The van der Waals surface area contributed by atoms with Crippen LogP contribution in [-0.4, -0.2) is 12.9 Å². The largest absolute Gasteiger partial charge is 0.493 e. The minimum absolute atomic E-state index is 0.535. The number of ether oxygens (including phenoxy) is 1. The monoisotopic (exact) mass is 280 g/mol. The minimum Gasteiger partial charge on any atom is -0.493 e. The van der Waals surface area contributed by atoms with Crippen LogP contribution in [0, 0.1) is 19.3 Å². The van der Waals surface area contributed by atoms with Gasteiger partial charge in [-0.05, 0) is 31.0 Å². The van der Waals surface area contributed by atoms with Gasteiger partial charge in [0.05, 0.1) is 12.2 Å². The lowest BCUT2D eigenvalue weighted by atomic mass is 10.1. The molecule has 1 aromatic carbocycles. The highest BCUT2D eigenvalue weighted by Gasteiger charge is 2.07. The highest BCUT2D eigenvalue weighted by molar-refractivity contribution is 9.10. The molecular formula is C13H13BrO2. The van der Waals surface area contributed by atoms with Gasteiger partial charge in [0, 0.05) is 10.9 Å². The lowest BCUT2D eigenvalue weighted by Gasteiger charge is -2.11. The van der Waals surface area contributed by atoms with Crippen LogP contribution in [-0.2, 0) is 0 Å². The molecule has 16 heavy (non-hydrogen) atoms. The molecule has 0 bridgehead atoms. The molecule has 0 aliphatic carbocycles. The van der Waals surface area contributed by atoms with Crippen LogP contribution in [0.25, 0.3) is 0 Å². The van der Waals surface area contributed by atoms with E-state index in [1.807, 2.05) is 13.0 Å². The van der Waals surface area contributed by atoms with Crippen molar-refractivity contribution in [3.63, 3.8) is 0 Å². The van der Waals surface area contributed by atoms with E-state index in [1.54, 1.807) is 6.07 Å². The maximum atomic E-state index is 10.9. The molecule has 3 heteroatoms. The summed E-state index contributed by atoms with van der Waals surface area (Å²) in [6, 6.07) is 3.67. The SMILES string of the molecule is C#CCCCOc1c(C)cc(Br)cc1C=O. The first-order valence-electron chi connectivity index (χ1n) is 5.00. The summed E-state index contributed by atoms with van der Waals surface area (Å²) in [6.45, 7) is 2.45. The number of hydrogen-bond acceptors (Lipinski definition) is 2. The molecule has 0 radical (unpaired) electrons. The second-order valence-corrected chi connectivity index (χ2v) is 4.33. The fraction of sp³-hybridized carbons (Fsp3) is 0.308. The second-order valence-electron chi connectivity index (χ2n) is 3.42. The Bertz CT molecular complexity index is 419. The van der Waals surface area contributed by atoms with Gasteiger partial charge in [-0.2, -0.15) is 0 Å². The molecule has 0 atom stereocenters. The third kappa shape index (κ3) is 3.39. The van der Waals surface area contributed by atoms with Gasteiger partial charge in [0.1, 0.15) is 5.75 Å². The zero-order valence-electron chi connectivity index (χ0n) is 9.13. The number of halogens is 1. The number of aryl methyl sites for hydroxylation is 1. The standard InChI is InChI=1S/C13H13BrO2/c1-3-4-5-6-16-13-10(2)7-12(14)8-11(13)9-15/h1,7-9H,4-6H2,2H3. The number of carbonyl (C=O) groups is 1. The molecule has 0 saturated carbocycles. The van der Waals surface area contributed by atoms with E-state index in [1.165, 1.54) is 0 Å². The van der Waals surface area contributed by atoms with Crippen molar-refractivity contribution in [1.82, 2.24) is 0 Å². The maximum absolute atomic E-state index is 10.9. The summed E-state index contributed by atoms with van der Waals surface area (Å²) in [5.41, 5.74) is 1.50. The van der Waals surface area contributed by atoms with Crippen molar-refractivity contribution in [2.24, 2.45) is 0 Å². The van der Waals surface area contributed by atoms with E-state index in [-0.39, 0.29) is 0 Å². The first-order valence-corrected chi connectivity index (χ1v) is 5.80. The Labute approximate surface area is 104 Å². The van der Waals surface area contributed by atoms with E-state index in [9.17, 15) is 4.79 Å². The molecule has 0 unspecified atom stereocenters. The highest BCUT2D eigenvalue weighted by atomic mass is 79.9. The third-order valence-corrected chi connectivity index (χ3v) is 2.56. The Kier molecular flexibility index (Phi) is 5.07. The van der Waals surface area contributed by atoms with Gasteiger partial charge < -0.3 is 4.74 Å². The van der Waals surface area contributed by atoms with Crippen molar-refractivity contribution >= 4 is 22.2 Å². The van der Waals surface area contributed by atoms with Crippen molar-refractivity contribution in [3.8, 4) is 18.1 Å². The summed E-state index contributed by atoms with van der Waals surface area (Å²) in [5, 5.41) is 0. The molecular weight excluding hydrogens is 268 g/mol. The average Bonchev–Trinajstić information content (AvgIpc) is 2.26. The topological polar surface area (TPSA) is 26.3 Å². The van der Waals surface area contributed by atoms with Crippen LogP contribution in [0.2, 0.25) is 0 Å². The molecule has 1 rings (SSSR count). The van der Waals surface area contributed by atoms with Gasteiger partial charge in [0.25, 0.3) is 0 Å². The highest BCUT2D eigenvalue weighted by Crippen LogP contribution is 2.26. The van der Waals surface area contributed by atoms with E-state index in [4.69, 9.17) is 11.2 Å². The smallest absolute Gasteiger partial charge is 0.153 e. The molecule has 0 aromatic heterocycles. The Morgan fingerprint density at radius 3 is 2.94 bits per heavy atom. The zero-order valence-corrected chi connectivity index (χ0v) is 10.7. The number of rotatable bonds is 5. The lowest BCUT2D eigenvalue weighted by molar-refractivity contribution is 0.111. The van der Waals surface area contributed by atoms with Gasteiger partial charge in [-0.3, -0.25) is 4.79 Å². The molecule has 0 heterocycles. The summed E-state index contributed by atoms with van der Waals surface area (Å²) < 4.78 is 6.45. The molecule has 0 saturated heterocycles. The van der Waals surface area contributed by atoms with Crippen molar-refractivity contribution < 1.29 is 9.53 Å². The normalized spacial score (nSPS) is 9.56. The van der Waals surface area contributed by atoms with E-state index >= 15 is 0 Å². The van der Waals surface area contributed by atoms with Gasteiger partial charge in [0.2, 0.25) is 0 Å².